The highest BCUT2D eigenvalue weighted by atomic mass is 16.5. The zero-order valence-corrected chi connectivity index (χ0v) is 13.8. The van der Waals surface area contributed by atoms with Gasteiger partial charge in [0.15, 0.2) is 5.65 Å². The van der Waals surface area contributed by atoms with Crippen LogP contribution in [0.25, 0.3) is 5.65 Å². The monoisotopic (exact) mass is 322 g/mol. The minimum atomic E-state index is 0.503. The van der Waals surface area contributed by atoms with Crippen LogP contribution >= 0.6 is 0 Å². The van der Waals surface area contributed by atoms with Gasteiger partial charge in [-0.25, -0.2) is 0 Å². The zero-order valence-electron chi connectivity index (χ0n) is 13.8. The van der Waals surface area contributed by atoms with Crippen LogP contribution in [0.5, 0.6) is 6.01 Å². The Labute approximate surface area is 141 Å². The van der Waals surface area contributed by atoms with Crippen LogP contribution in [0.2, 0.25) is 0 Å². The molecule has 4 rings (SSSR count). The van der Waals surface area contributed by atoms with E-state index in [1.54, 1.807) is 0 Å². The first kappa shape index (κ1) is 15.1. The second-order valence-electron chi connectivity index (χ2n) is 6.36. The van der Waals surface area contributed by atoms with Crippen molar-refractivity contribution in [3.05, 3.63) is 59.8 Å². The molecule has 0 N–H and O–H groups in total. The van der Waals surface area contributed by atoms with Crippen LogP contribution in [-0.2, 0) is 13.2 Å². The molecule has 1 fully saturated rings. The Hall–Kier alpha value is -2.40. The van der Waals surface area contributed by atoms with Gasteiger partial charge in [0.2, 0.25) is 0 Å². The summed E-state index contributed by atoms with van der Waals surface area (Å²) in [6.07, 6.45) is 5.93. The Morgan fingerprint density at radius 2 is 1.79 bits per heavy atom. The average Bonchev–Trinajstić information content (AvgIpc) is 3.04. The molecule has 5 nitrogen and oxygen atoms in total. The number of piperidine rings is 1. The molecule has 2 aromatic heterocycles. The molecule has 0 unspecified atom stereocenters. The van der Waals surface area contributed by atoms with Gasteiger partial charge in [0, 0.05) is 12.7 Å². The molecule has 0 amide bonds. The van der Waals surface area contributed by atoms with Crippen molar-refractivity contribution < 1.29 is 4.74 Å². The van der Waals surface area contributed by atoms with Crippen LogP contribution in [0.3, 0.4) is 0 Å². The van der Waals surface area contributed by atoms with Crippen molar-refractivity contribution in [3.63, 3.8) is 0 Å². The summed E-state index contributed by atoms with van der Waals surface area (Å²) < 4.78 is 7.72. The molecule has 0 aliphatic carbocycles. The summed E-state index contributed by atoms with van der Waals surface area (Å²) >= 11 is 0. The molecule has 3 aromatic rings. The Morgan fingerprint density at radius 3 is 2.71 bits per heavy atom. The number of likely N-dealkylation sites (tertiary alicyclic amines) is 1. The van der Waals surface area contributed by atoms with E-state index in [2.05, 4.69) is 39.4 Å². The highest BCUT2D eigenvalue weighted by molar-refractivity contribution is 5.38. The Bertz CT molecular complexity index is 808. The standard InChI is InChI=1S/C19H22N4O/c1-3-10-22(11-4-1)14-16-7-6-8-17(13-16)15-24-19-21-20-18-9-2-5-12-23(18)19/h2,5-9,12-13H,1,3-4,10-11,14-15H2. The predicted molar refractivity (Wildman–Crippen MR) is 92.9 cm³/mol. The minimum absolute atomic E-state index is 0.503. The van der Waals surface area contributed by atoms with Crippen LogP contribution in [-0.4, -0.2) is 32.6 Å². The SMILES string of the molecule is c1cc(COc2nnc3ccccn23)cc(CN2CCCCC2)c1. The minimum Gasteiger partial charge on any atom is -0.458 e. The van der Waals surface area contributed by atoms with E-state index >= 15 is 0 Å². The summed E-state index contributed by atoms with van der Waals surface area (Å²) in [7, 11) is 0. The summed E-state index contributed by atoms with van der Waals surface area (Å²) in [5.74, 6) is 0. The van der Waals surface area contributed by atoms with Crippen molar-refractivity contribution in [2.24, 2.45) is 0 Å². The lowest BCUT2D eigenvalue weighted by atomic mass is 10.1. The third-order valence-electron chi connectivity index (χ3n) is 4.50. The normalized spacial score (nSPS) is 15.7. The van der Waals surface area contributed by atoms with E-state index in [1.165, 1.54) is 37.9 Å². The molecular formula is C19H22N4O. The first-order valence-electron chi connectivity index (χ1n) is 8.61. The smallest absolute Gasteiger partial charge is 0.321 e. The van der Waals surface area contributed by atoms with E-state index < -0.39 is 0 Å². The van der Waals surface area contributed by atoms with Gasteiger partial charge in [0.05, 0.1) is 0 Å². The number of hydrogen-bond donors (Lipinski definition) is 0. The highest BCUT2D eigenvalue weighted by Crippen LogP contribution is 2.16. The van der Waals surface area contributed by atoms with E-state index in [0.717, 1.165) is 17.8 Å². The largest absolute Gasteiger partial charge is 0.458 e. The number of nitrogens with zero attached hydrogens (tertiary/aromatic N) is 4. The molecule has 1 aliphatic heterocycles. The van der Waals surface area contributed by atoms with E-state index in [4.69, 9.17) is 4.74 Å². The Balaban J connectivity index is 1.42. The second kappa shape index (κ2) is 7.01. The van der Waals surface area contributed by atoms with Crippen molar-refractivity contribution in [1.29, 1.82) is 0 Å². The second-order valence-corrected chi connectivity index (χ2v) is 6.36. The molecule has 24 heavy (non-hydrogen) atoms. The maximum atomic E-state index is 5.87. The maximum Gasteiger partial charge on any atom is 0.321 e. The van der Waals surface area contributed by atoms with Crippen LogP contribution < -0.4 is 4.74 Å². The first-order chi connectivity index (χ1) is 11.9. The molecule has 1 aliphatic rings. The number of rotatable bonds is 5. The topological polar surface area (TPSA) is 42.7 Å². The number of hydrogen-bond acceptors (Lipinski definition) is 4. The Kier molecular flexibility index (Phi) is 4.42. The van der Waals surface area contributed by atoms with Crippen molar-refractivity contribution in [1.82, 2.24) is 19.5 Å². The van der Waals surface area contributed by atoms with Gasteiger partial charge < -0.3 is 4.74 Å². The number of benzene rings is 1. The molecule has 5 heteroatoms. The fourth-order valence-corrected chi connectivity index (χ4v) is 3.26. The lowest BCUT2D eigenvalue weighted by Crippen LogP contribution is -2.29. The van der Waals surface area contributed by atoms with E-state index in [-0.39, 0.29) is 0 Å². The number of ether oxygens (including phenoxy) is 1. The van der Waals surface area contributed by atoms with Gasteiger partial charge >= 0.3 is 6.01 Å². The summed E-state index contributed by atoms with van der Waals surface area (Å²) in [5.41, 5.74) is 3.31. The lowest BCUT2D eigenvalue weighted by molar-refractivity contribution is 0.220. The highest BCUT2D eigenvalue weighted by Gasteiger charge is 2.11. The first-order valence-corrected chi connectivity index (χ1v) is 8.61. The molecule has 0 radical (unpaired) electrons. The molecular weight excluding hydrogens is 300 g/mol. The molecule has 0 atom stereocenters. The van der Waals surface area contributed by atoms with Crippen LogP contribution in [0, 0.1) is 0 Å². The maximum absolute atomic E-state index is 5.87. The molecule has 0 spiro atoms. The fraction of sp³-hybridized carbons (Fsp3) is 0.368. The van der Waals surface area contributed by atoms with Gasteiger partial charge in [-0.3, -0.25) is 9.30 Å². The van der Waals surface area contributed by atoms with Crippen molar-refractivity contribution in [2.45, 2.75) is 32.4 Å². The van der Waals surface area contributed by atoms with E-state index in [9.17, 15) is 0 Å². The van der Waals surface area contributed by atoms with E-state index in [0.29, 0.717) is 12.6 Å². The molecule has 1 aromatic carbocycles. The van der Waals surface area contributed by atoms with Crippen LogP contribution in [0.15, 0.2) is 48.7 Å². The van der Waals surface area contributed by atoms with Crippen molar-refractivity contribution in [2.75, 3.05) is 13.1 Å². The molecule has 1 saturated heterocycles. The van der Waals surface area contributed by atoms with Gasteiger partial charge in [-0.05, 0) is 49.2 Å². The van der Waals surface area contributed by atoms with Crippen molar-refractivity contribution in [3.8, 4) is 6.01 Å². The third kappa shape index (κ3) is 3.41. The third-order valence-corrected chi connectivity index (χ3v) is 4.50. The number of aromatic nitrogens is 3. The molecule has 0 bridgehead atoms. The lowest BCUT2D eigenvalue weighted by Gasteiger charge is -2.26. The van der Waals surface area contributed by atoms with Gasteiger partial charge in [0.1, 0.15) is 6.61 Å². The van der Waals surface area contributed by atoms with Gasteiger partial charge in [-0.15, -0.1) is 5.10 Å². The van der Waals surface area contributed by atoms with Crippen LogP contribution in [0.4, 0.5) is 0 Å². The average molecular weight is 322 g/mol. The van der Waals surface area contributed by atoms with Gasteiger partial charge in [-0.1, -0.05) is 41.9 Å². The molecule has 0 saturated carbocycles. The Morgan fingerprint density at radius 1 is 0.917 bits per heavy atom. The summed E-state index contributed by atoms with van der Waals surface area (Å²) in [6.45, 7) is 3.96. The molecule has 124 valence electrons. The number of pyridine rings is 1. The number of fused-ring (bicyclic) bond motifs is 1. The molecule has 3 heterocycles. The van der Waals surface area contributed by atoms with Crippen molar-refractivity contribution >= 4 is 5.65 Å². The quantitative estimate of drug-likeness (QED) is 0.723. The fourth-order valence-electron chi connectivity index (χ4n) is 3.26. The van der Waals surface area contributed by atoms with E-state index in [1.807, 2.05) is 28.8 Å². The summed E-state index contributed by atoms with van der Waals surface area (Å²) in [5, 5.41) is 8.22. The zero-order chi connectivity index (χ0) is 16.2. The summed E-state index contributed by atoms with van der Waals surface area (Å²) in [4.78, 5) is 2.54. The van der Waals surface area contributed by atoms with Gasteiger partial charge in [0.25, 0.3) is 0 Å². The van der Waals surface area contributed by atoms with Gasteiger partial charge in [-0.2, -0.15) is 0 Å². The summed E-state index contributed by atoms with van der Waals surface area (Å²) in [6, 6.07) is 15.0. The predicted octanol–water partition coefficient (Wildman–Crippen LogP) is 3.29. The van der Waals surface area contributed by atoms with Crippen LogP contribution in [0.1, 0.15) is 30.4 Å².